The van der Waals surface area contributed by atoms with Crippen molar-refractivity contribution in [1.82, 2.24) is 15.3 Å². The topological polar surface area (TPSA) is 189 Å². The number of aliphatic hydroxyl groups excluding tert-OH is 1. The van der Waals surface area contributed by atoms with Crippen LogP contribution in [0.1, 0.15) is 78.3 Å². The molecule has 1 aliphatic heterocycles. The minimum absolute atomic E-state index is 0.0194. The number of likely N-dealkylation sites (N-methyl/N-ethyl adjacent to an activating group) is 1. The van der Waals surface area contributed by atoms with Crippen LogP contribution >= 0.6 is 0 Å². The van der Waals surface area contributed by atoms with Gasteiger partial charge in [0.2, 0.25) is 5.75 Å². The van der Waals surface area contributed by atoms with Gasteiger partial charge in [-0.05, 0) is 163 Å². The third kappa shape index (κ3) is 8.24. The van der Waals surface area contributed by atoms with E-state index in [4.69, 9.17) is 14.5 Å². The molecule has 4 aromatic carbocycles. The number of aromatic amines is 1. The van der Waals surface area contributed by atoms with Gasteiger partial charge in [-0.3, -0.25) is 4.79 Å². The van der Waals surface area contributed by atoms with Crippen LogP contribution in [-0.2, 0) is 23.1 Å². The Kier molecular flexibility index (Phi) is 12.3. The highest BCUT2D eigenvalue weighted by molar-refractivity contribution is 5.93. The molecule has 1 fully saturated rings. The molecule has 6 atom stereocenters. The molecular formula is C50H56N4O8. The first-order valence-corrected chi connectivity index (χ1v) is 21.5. The van der Waals surface area contributed by atoms with E-state index in [0.29, 0.717) is 49.4 Å². The second-order valence-electron chi connectivity index (χ2n) is 17.1. The molecule has 8 N–H and O–H groups in total. The van der Waals surface area contributed by atoms with Crippen LogP contribution in [0, 0.1) is 11.8 Å². The molecule has 0 unspecified atom stereocenters. The van der Waals surface area contributed by atoms with Gasteiger partial charge in [-0.25, -0.2) is 4.98 Å². The molecule has 6 aromatic rings. The van der Waals surface area contributed by atoms with E-state index in [1.165, 1.54) is 20.3 Å². The lowest BCUT2D eigenvalue weighted by Gasteiger charge is -2.45. The number of anilines is 2. The summed E-state index contributed by atoms with van der Waals surface area (Å²) in [7, 11) is 4.81. The average molecular weight is 841 g/mol. The largest absolute Gasteiger partial charge is 0.508 e. The van der Waals surface area contributed by atoms with E-state index in [1.54, 1.807) is 36.5 Å². The van der Waals surface area contributed by atoms with E-state index in [-0.39, 0.29) is 59.2 Å². The van der Waals surface area contributed by atoms with Crippen LogP contribution in [0.15, 0.2) is 97.3 Å². The molecule has 0 amide bonds. The maximum Gasteiger partial charge on any atom is 0.200 e. The Morgan fingerprint density at radius 2 is 1.77 bits per heavy atom. The number of H-pyrrole nitrogens is 1. The van der Waals surface area contributed by atoms with Gasteiger partial charge in [-0.1, -0.05) is 24.6 Å². The minimum atomic E-state index is -1.08. The van der Waals surface area contributed by atoms with Crippen molar-refractivity contribution in [2.24, 2.45) is 11.8 Å². The van der Waals surface area contributed by atoms with Gasteiger partial charge >= 0.3 is 0 Å². The van der Waals surface area contributed by atoms with Crippen LogP contribution in [0.3, 0.4) is 0 Å². The van der Waals surface area contributed by atoms with Crippen molar-refractivity contribution < 1.29 is 39.8 Å². The van der Waals surface area contributed by atoms with Crippen LogP contribution in [-0.4, -0.2) is 75.2 Å². The van der Waals surface area contributed by atoms with Crippen molar-refractivity contribution in [1.29, 1.82) is 0 Å². The number of nitrogens with zero attached hydrogens (tertiary/aromatic N) is 1. The van der Waals surface area contributed by atoms with E-state index in [1.807, 2.05) is 49.6 Å². The number of rotatable bonds is 11. The summed E-state index contributed by atoms with van der Waals surface area (Å²) in [5.74, 6) is -1.28. The lowest BCUT2D eigenvalue weighted by atomic mass is 9.58. The number of phenolic OH excluding ortho intramolecular Hbond substituents is 4. The summed E-state index contributed by atoms with van der Waals surface area (Å²) in [5.41, 5.74) is 4.43. The van der Waals surface area contributed by atoms with Crippen LogP contribution < -0.4 is 20.1 Å². The molecule has 12 nitrogen and oxygen atoms in total. The van der Waals surface area contributed by atoms with E-state index in [2.05, 4.69) is 27.8 Å². The molecule has 2 bridgehead atoms. The van der Waals surface area contributed by atoms with Gasteiger partial charge in [0.1, 0.15) is 17.4 Å². The Balaban J connectivity index is 1.34. The molecule has 1 saturated carbocycles. The molecule has 2 aliphatic rings. The number of carbonyl (C=O) groups is 1. The van der Waals surface area contributed by atoms with E-state index in [0.717, 1.165) is 51.7 Å². The number of methoxy groups -OCH3 is 2. The number of Topliss-reactive ketones (excluding diaryl/α,β-unsaturated/α-hetero) is 1. The molecule has 0 saturated heterocycles. The summed E-state index contributed by atoms with van der Waals surface area (Å²) in [5, 5.41) is 64.4. The molecule has 1 aliphatic carbocycles. The monoisotopic (exact) mass is 840 g/mol. The molecule has 62 heavy (non-hydrogen) atoms. The number of nitrogens with one attached hydrogen (secondary N) is 3. The summed E-state index contributed by atoms with van der Waals surface area (Å²) in [6.07, 6.45) is 6.78. The Morgan fingerprint density at radius 3 is 2.55 bits per heavy atom. The van der Waals surface area contributed by atoms with Crippen molar-refractivity contribution in [2.75, 3.05) is 33.1 Å². The number of benzene rings is 4. The summed E-state index contributed by atoms with van der Waals surface area (Å²) >= 11 is 0. The summed E-state index contributed by atoms with van der Waals surface area (Å²) in [6, 6.07) is 25.8. The third-order valence-electron chi connectivity index (χ3n) is 13.5. The number of ketones is 1. The zero-order chi connectivity index (χ0) is 43.5. The fourth-order valence-corrected chi connectivity index (χ4v) is 10.7. The molecule has 2 aromatic heterocycles. The van der Waals surface area contributed by atoms with Gasteiger partial charge in [0.25, 0.3) is 0 Å². The standard InChI is InChI=1S/C50H56N4O8/c1-51-28-33-21-31(32-24-43(59)49(60)45(25-32)62-3)23-42(58)48(41(57)15-9-29-8-14-40(56)44(20-29)61-2)50(17-4-6-34(50)26-36-7-5-18-52-36)35-16-19-53-46(27-35)54-39-13-10-30-22-37(55)11-12-38(30)47(33)39/h5,7-8,10-14,16,18-20,22,24-25,27,31,33-34,41,48,51-52,55-57,59-60H,4,6,9,15,17,21,23,26,28H2,1-3H3,(H,53,54)/t31-,33-,34-,41+,48-,50-/m0/s1. The highest BCUT2D eigenvalue weighted by Crippen LogP contribution is 2.55. The maximum atomic E-state index is 15.9. The normalized spacial score (nSPS) is 22.0. The first-order valence-electron chi connectivity index (χ1n) is 21.5. The van der Waals surface area contributed by atoms with Crippen LogP contribution in [0.25, 0.3) is 10.8 Å². The quantitative estimate of drug-likeness (QED) is 0.0585. The highest BCUT2D eigenvalue weighted by atomic mass is 16.5. The van der Waals surface area contributed by atoms with Gasteiger partial charge in [-0.2, -0.15) is 0 Å². The highest BCUT2D eigenvalue weighted by Gasteiger charge is 2.54. The Hall–Kier alpha value is -6.24. The number of fused-ring (bicyclic) bond motifs is 6. The van der Waals surface area contributed by atoms with E-state index in [9.17, 15) is 25.5 Å². The van der Waals surface area contributed by atoms with Crippen molar-refractivity contribution in [3.05, 3.63) is 125 Å². The van der Waals surface area contributed by atoms with Crippen LogP contribution in [0.4, 0.5) is 11.5 Å². The first-order chi connectivity index (χ1) is 30.0. The molecule has 1 spiro atoms. The van der Waals surface area contributed by atoms with Crippen LogP contribution in [0.2, 0.25) is 0 Å². The maximum absolute atomic E-state index is 15.9. The smallest absolute Gasteiger partial charge is 0.200 e. The van der Waals surface area contributed by atoms with Gasteiger partial charge < -0.3 is 50.6 Å². The third-order valence-corrected chi connectivity index (χ3v) is 13.5. The van der Waals surface area contributed by atoms with Crippen molar-refractivity contribution in [3.8, 4) is 34.5 Å². The average Bonchev–Trinajstić information content (AvgIpc) is 3.94. The van der Waals surface area contributed by atoms with E-state index >= 15 is 4.79 Å². The summed E-state index contributed by atoms with van der Waals surface area (Å²) in [6.45, 7) is 0.512. The number of pyridine rings is 1. The van der Waals surface area contributed by atoms with Crippen molar-refractivity contribution in [2.45, 2.75) is 74.7 Å². The molecule has 3 heterocycles. The fourth-order valence-electron chi connectivity index (χ4n) is 10.7. The van der Waals surface area contributed by atoms with Gasteiger partial charge in [0.15, 0.2) is 23.0 Å². The summed E-state index contributed by atoms with van der Waals surface area (Å²) in [4.78, 5) is 24.2. The number of ether oxygens (including phenoxy) is 2. The number of aromatic nitrogens is 2. The van der Waals surface area contributed by atoms with Crippen molar-refractivity contribution >= 4 is 28.1 Å². The van der Waals surface area contributed by atoms with Gasteiger partial charge in [0.05, 0.1) is 26.2 Å². The number of carbonyl (C=O) groups excluding carboxylic acids is 1. The minimum Gasteiger partial charge on any atom is -0.508 e. The molecule has 8 rings (SSSR count). The van der Waals surface area contributed by atoms with E-state index < -0.39 is 23.4 Å². The molecule has 12 heteroatoms. The number of phenols is 4. The zero-order valence-electron chi connectivity index (χ0n) is 35.4. The number of aryl methyl sites for hydroxylation is 1. The van der Waals surface area contributed by atoms with Crippen molar-refractivity contribution in [3.63, 3.8) is 0 Å². The first kappa shape index (κ1) is 42.5. The Morgan fingerprint density at radius 1 is 0.935 bits per heavy atom. The second kappa shape index (κ2) is 18.0. The Labute approximate surface area is 361 Å². The lowest BCUT2D eigenvalue weighted by molar-refractivity contribution is -0.132. The van der Waals surface area contributed by atoms with Gasteiger partial charge in [-0.15, -0.1) is 0 Å². The number of aliphatic hydroxyl groups is 1. The number of hydrogen-bond donors (Lipinski definition) is 8. The fraction of sp³-hybridized carbons (Fsp3) is 0.360. The van der Waals surface area contributed by atoms with Crippen LogP contribution in [0.5, 0.6) is 34.5 Å². The SMILES string of the molecule is CNC[C@@H]1C[C@H](c2cc(O)c(O)c(OC)c2)CC(=O)[C@H]([C@H](O)CCc2ccc(O)c(OC)c2)[C@]2(CCC[C@H]2Cc2ccc[nH]2)c2ccnc(c2)Nc2ccc3cc(O)ccc3c21. The van der Waals surface area contributed by atoms with Gasteiger partial charge in [0, 0.05) is 42.2 Å². The lowest BCUT2D eigenvalue weighted by Crippen LogP contribution is -2.50. The zero-order valence-corrected chi connectivity index (χ0v) is 35.4. The molecule has 324 valence electrons. The predicted octanol–water partition coefficient (Wildman–Crippen LogP) is 8.49. The summed E-state index contributed by atoms with van der Waals surface area (Å²) < 4.78 is 10.9. The second-order valence-corrected chi connectivity index (χ2v) is 17.1. The molecule has 0 radical (unpaired) electrons. The predicted molar refractivity (Wildman–Crippen MR) is 239 cm³/mol. The number of hydrogen-bond acceptors (Lipinski definition) is 11. The molecular weight excluding hydrogens is 785 g/mol. The Bertz CT molecular complexity index is 2540. The number of aromatic hydroxyl groups is 4.